The van der Waals surface area contributed by atoms with Gasteiger partial charge in [-0.1, -0.05) is 6.07 Å². The smallest absolute Gasteiger partial charge is 0.0776 e. The van der Waals surface area contributed by atoms with Crippen molar-refractivity contribution < 1.29 is 5.11 Å². The van der Waals surface area contributed by atoms with Gasteiger partial charge >= 0.3 is 0 Å². The largest absolute Gasteiger partial charge is 0.389 e. The highest BCUT2D eigenvalue weighted by atomic mass is 35.5. The summed E-state index contributed by atoms with van der Waals surface area (Å²) in [5.41, 5.74) is 0.859. The summed E-state index contributed by atoms with van der Waals surface area (Å²) in [7, 11) is 0. The molecule has 0 radical (unpaired) electrons. The maximum Gasteiger partial charge on any atom is 0.0776 e. The third-order valence-electron chi connectivity index (χ3n) is 1.17. The van der Waals surface area contributed by atoms with E-state index in [2.05, 4.69) is 4.98 Å². The molecule has 1 aromatic heterocycles. The second kappa shape index (κ2) is 6.40. The molecule has 64 valence electrons. The van der Waals surface area contributed by atoms with Crippen LogP contribution in [0.25, 0.3) is 0 Å². The average Bonchev–Trinajstić information content (AvgIpc) is 1.90. The number of hydrogen-bond acceptors (Lipinski definition) is 2. The van der Waals surface area contributed by atoms with Crippen molar-refractivity contribution >= 4 is 24.8 Å². The lowest BCUT2D eigenvalue weighted by atomic mass is 10.2. The van der Waals surface area contributed by atoms with Crippen LogP contribution in [0.2, 0.25) is 0 Å². The van der Waals surface area contributed by atoms with Crippen molar-refractivity contribution in [3.63, 3.8) is 0 Å². The maximum absolute atomic E-state index is 8.98. The fourth-order valence-corrected chi connectivity index (χ4v) is 0.623. The van der Waals surface area contributed by atoms with E-state index in [1.807, 2.05) is 12.1 Å². The minimum Gasteiger partial charge on any atom is -0.389 e. The van der Waals surface area contributed by atoms with Crippen molar-refractivity contribution in [1.29, 1.82) is 0 Å². The summed E-state index contributed by atoms with van der Waals surface area (Å²) in [4.78, 5) is 3.85. The van der Waals surface area contributed by atoms with Gasteiger partial charge < -0.3 is 5.11 Å². The van der Waals surface area contributed by atoms with E-state index in [9.17, 15) is 0 Å². The van der Waals surface area contributed by atoms with E-state index in [4.69, 9.17) is 5.11 Å². The predicted molar refractivity (Wildman–Crippen MR) is 49.4 cm³/mol. The molecule has 4 heteroatoms. The quantitative estimate of drug-likeness (QED) is 0.744. The first-order valence-corrected chi connectivity index (χ1v) is 2.88. The lowest BCUT2D eigenvalue weighted by Gasteiger charge is -2.00. The third kappa shape index (κ3) is 4.19. The van der Waals surface area contributed by atoms with Gasteiger partial charge in [0.2, 0.25) is 0 Å². The van der Waals surface area contributed by atoms with Gasteiger partial charge in [0.05, 0.1) is 6.10 Å². The van der Waals surface area contributed by atoms with Crippen molar-refractivity contribution in [2.75, 3.05) is 0 Å². The zero-order valence-electron chi connectivity index (χ0n) is 6.10. The van der Waals surface area contributed by atoms with E-state index in [0.717, 1.165) is 5.56 Å². The summed E-state index contributed by atoms with van der Waals surface area (Å²) in [6, 6.07) is 3.65. The Kier molecular flexibility index (Phi) is 7.74. The monoisotopic (exact) mass is 195 g/mol. The topological polar surface area (TPSA) is 33.1 Å². The number of aliphatic hydroxyl groups is 1. The van der Waals surface area contributed by atoms with E-state index < -0.39 is 6.10 Å². The molecule has 0 aliphatic rings. The number of pyridine rings is 1. The van der Waals surface area contributed by atoms with Gasteiger partial charge in [0.15, 0.2) is 0 Å². The molecule has 0 aromatic carbocycles. The molecule has 0 amide bonds. The van der Waals surface area contributed by atoms with E-state index in [-0.39, 0.29) is 24.8 Å². The summed E-state index contributed by atoms with van der Waals surface area (Å²) in [6.07, 6.45) is 2.94. The highest BCUT2D eigenvalue weighted by Crippen LogP contribution is 2.07. The van der Waals surface area contributed by atoms with Crippen LogP contribution >= 0.6 is 24.8 Å². The van der Waals surface area contributed by atoms with E-state index in [1.54, 1.807) is 19.3 Å². The molecule has 1 rings (SSSR count). The first-order chi connectivity index (χ1) is 4.30. The molecule has 0 aliphatic heterocycles. The SMILES string of the molecule is CC(O)c1cccnc1.Cl.Cl. The van der Waals surface area contributed by atoms with Gasteiger partial charge in [-0.25, -0.2) is 0 Å². The Morgan fingerprint density at radius 3 is 2.36 bits per heavy atom. The molecule has 0 fully saturated rings. The second-order valence-corrected chi connectivity index (χ2v) is 1.96. The van der Waals surface area contributed by atoms with Crippen molar-refractivity contribution in [2.45, 2.75) is 13.0 Å². The standard InChI is InChI=1S/C7H9NO.2ClH/c1-6(9)7-3-2-4-8-5-7;;/h2-6,9H,1H3;2*1H. The molecule has 1 N–H and O–H groups in total. The van der Waals surface area contributed by atoms with Crippen molar-refractivity contribution in [2.24, 2.45) is 0 Å². The molecular weight excluding hydrogens is 185 g/mol. The number of hydrogen-bond donors (Lipinski definition) is 1. The number of rotatable bonds is 1. The molecule has 2 nitrogen and oxygen atoms in total. The van der Waals surface area contributed by atoms with Crippen LogP contribution in [0.15, 0.2) is 24.5 Å². The van der Waals surface area contributed by atoms with Crippen LogP contribution in [0.3, 0.4) is 0 Å². The van der Waals surface area contributed by atoms with Crippen LogP contribution in [-0.2, 0) is 0 Å². The summed E-state index contributed by atoms with van der Waals surface area (Å²) >= 11 is 0. The molecule has 1 atom stereocenters. The number of aliphatic hydroxyl groups excluding tert-OH is 1. The zero-order valence-corrected chi connectivity index (χ0v) is 7.73. The maximum atomic E-state index is 8.98. The summed E-state index contributed by atoms with van der Waals surface area (Å²) in [6.45, 7) is 1.72. The number of halogens is 2. The predicted octanol–water partition coefficient (Wildman–Crippen LogP) is 1.98. The van der Waals surface area contributed by atoms with Gasteiger partial charge in [0.25, 0.3) is 0 Å². The summed E-state index contributed by atoms with van der Waals surface area (Å²) < 4.78 is 0. The van der Waals surface area contributed by atoms with Crippen LogP contribution in [0.4, 0.5) is 0 Å². The Bertz CT molecular complexity index is 179. The lowest BCUT2D eigenvalue weighted by Crippen LogP contribution is -1.89. The molecule has 0 saturated carbocycles. The summed E-state index contributed by atoms with van der Waals surface area (Å²) in [5, 5.41) is 8.98. The van der Waals surface area contributed by atoms with Crippen LogP contribution in [0, 0.1) is 0 Å². The molecule has 1 heterocycles. The van der Waals surface area contributed by atoms with Gasteiger partial charge in [-0.05, 0) is 18.6 Å². The van der Waals surface area contributed by atoms with Crippen molar-refractivity contribution in [3.05, 3.63) is 30.1 Å². The Hall–Kier alpha value is -0.310. The first kappa shape index (κ1) is 13.3. The Morgan fingerprint density at radius 2 is 2.09 bits per heavy atom. The highest BCUT2D eigenvalue weighted by molar-refractivity contribution is 5.85. The van der Waals surface area contributed by atoms with Gasteiger partial charge in [-0.15, -0.1) is 24.8 Å². The molecular formula is C7H11Cl2NO. The zero-order chi connectivity index (χ0) is 6.69. The highest BCUT2D eigenvalue weighted by Gasteiger charge is 1.96. The van der Waals surface area contributed by atoms with Gasteiger partial charge in [0.1, 0.15) is 0 Å². The van der Waals surface area contributed by atoms with Crippen LogP contribution < -0.4 is 0 Å². The van der Waals surface area contributed by atoms with E-state index in [1.165, 1.54) is 0 Å². The minimum absolute atomic E-state index is 0. The fraction of sp³-hybridized carbons (Fsp3) is 0.286. The van der Waals surface area contributed by atoms with Gasteiger partial charge in [-0.2, -0.15) is 0 Å². The lowest BCUT2D eigenvalue weighted by molar-refractivity contribution is 0.199. The normalized spacial score (nSPS) is 10.7. The second-order valence-electron chi connectivity index (χ2n) is 1.96. The van der Waals surface area contributed by atoms with E-state index in [0.29, 0.717) is 0 Å². The minimum atomic E-state index is -0.404. The fourth-order valence-electron chi connectivity index (χ4n) is 0.623. The molecule has 0 bridgehead atoms. The Morgan fingerprint density at radius 1 is 1.45 bits per heavy atom. The van der Waals surface area contributed by atoms with E-state index >= 15 is 0 Å². The summed E-state index contributed by atoms with van der Waals surface area (Å²) in [5.74, 6) is 0. The molecule has 0 aliphatic carbocycles. The van der Waals surface area contributed by atoms with Crippen molar-refractivity contribution in [1.82, 2.24) is 4.98 Å². The average molecular weight is 196 g/mol. The third-order valence-corrected chi connectivity index (χ3v) is 1.17. The van der Waals surface area contributed by atoms with Crippen LogP contribution in [-0.4, -0.2) is 10.1 Å². The van der Waals surface area contributed by atoms with Crippen LogP contribution in [0.5, 0.6) is 0 Å². The molecule has 1 unspecified atom stereocenters. The molecule has 0 spiro atoms. The first-order valence-electron chi connectivity index (χ1n) is 2.88. The van der Waals surface area contributed by atoms with Crippen LogP contribution in [0.1, 0.15) is 18.6 Å². The van der Waals surface area contributed by atoms with Gasteiger partial charge in [-0.3, -0.25) is 4.98 Å². The van der Waals surface area contributed by atoms with Gasteiger partial charge in [0, 0.05) is 12.4 Å². The molecule has 0 saturated heterocycles. The molecule has 11 heavy (non-hydrogen) atoms. The molecule has 1 aromatic rings. The van der Waals surface area contributed by atoms with Crippen molar-refractivity contribution in [3.8, 4) is 0 Å². The Balaban J connectivity index is 0. The Labute approximate surface area is 78.5 Å². The number of aromatic nitrogens is 1. The number of nitrogens with zero attached hydrogens (tertiary/aromatic N) is 1.